The average Bonchev–Trinajstić information content (AvgIpc) is 2.18. The van der Waals surface area contributed by atoms with Gasteiger partial charge in [0.1, 0.15) is 0 Å². The van der Waals surface area contributed by atoms with Crippen molar-refractivity contribution in [1.29, 1.82) is 0 Å². The van der Waals surface area contributed by atoms with Crippen molar-refractivity contribution in [2.24, 2.45) is 0 Å². The van der Waals surface area contributed by atoms with Crippen LogP contribution in [0.15, 0.2) is 10.3 Å². The van der Waals surface area contributed by atoms with Crippen LogP contribution in [0.3, 0.4) is 0 Å². The summed E-state index contributed by atoms with van der Waals surface area (Å²) in [5.41, 5.74) is 0. The number of nitrogens with one attached hydrogen (secondary N) is 1. The summed E-state index contributed by atoms with van der Waals surface area (Å²) >= 11 is 3.26. The van der Waals surface area contributed by atoms with Gasteiger partial charge in [-0.05, 0) is 11.5 Å². The first-order chi connectivity index (χ1) is 6.80. The van der Waals surface area contributed by atoms with Crippen LogP contribution in [0.25, 0.3) is 0 Å². The summed E-state index contributed by atoms with van der Waals surface area (Å²) in [6.45, 7) is 4.17. The van der Waals surface area contributed by atoms with Crippen molar-refractivity contribution >= 4 is 29.5 Å². The van der Waals surface area contributed by atoms with Gasteiger partial charge in [-0.25, -0.2) is 0 Å². The maximum absolute atomic E-state index is 4.32. The molecular formula is C8H14N4S2. The standard InChI is InChI=1S/C8H14N4S2/c1-4-13-7-10-6(9-3)11-8(12-7)14-5-2/h4-5H2,1-3H3,(H,9,10,11,12). The highest BCUT2D eigenvalue weighted by molar-refractivity contribution is 7.99. The van der Waals surface area contributed by atoms with Gasteiger partial charge < -0.3 is 5.32 Å². The molecule has 0 aromatic carbocycles. The molecule has 1 aromatic rings. The Hall–Kier alpha value is -0.490. The number of thioether (sulfide) groups is 2. The van der Waals surface area contributed by atoms with Crippen LogP contribution in [-0.2, 0) is 0 Å². The van der Waals surface area contributed by atoms with Crippen molar-refractivity contribution in [3.63, 3.8) is 0 Å². The predicted octanol–water partition coefficient (Wildman–Crippen LogP) is 2.14. The van der Waals surface area contributed by atoms with Crippen LogP contribution in [-0.4, -0.2) is 33.5 Å². The molecular weight excluding hydrogens is 216 g/mol. The van der Waals surface area contributed by atoms with E-state index in [0.29, 0.717) is 5.95 Å². The van der Waals surface area contributed by atoms with E-state index in [2.05, 4.69) is 34.1 Å². The SMILES string of the molecule is CCSc1nc(NC)nc(SCC)n1. The molecule has 0 saturated heterocycles. The highest BCUT2D eigenvalue weighted by Crippen LogP contribution is 2.19. The zero-order valence-electron chi connectivity index (χ0n) is 8.57. The maximum atomic E-state index is 4.32. The van der Waals surface area contributed by atoms with E-state index in [-0.39, 0.29) is 0 Å². The maximum Gasteiger partial charge on any atom is 0.227 e. The van der Waals surface area contributed by atoms with Crippen LogP contribution in [0.5, 0.6) is 0 Å². The molecule has 0 aliphatic carbocycles. The smallest absolute Gasteiger partial charge is 0.227 e. The third-order valence-electron chi connectivity index (χ3n) is 1.36. The van der Waals surface area contributed by atoms with Crippen LogP contribution < -0.4 is 5.32 Å². The lowest BCUT2D eigenvalue weighted by Gasteiger charge is -2.03. The van der Waals surface area contributed by atoms with Crippen LogP contribution in [0.1, 0.15) is 13.8 Å². The third-order valence-corrected chi connectivity index (χ3v) is 2.82. The molecule has 6 heteroatoms. The molecule has 0 unspecified atom stereocenters. The zero-order valence-corrected chi connectivity index (χ0v) is 10.2. The van der Waals surface area contributed by atoms with Crippen LogP contribution in [0.4, 0.5) is 5.95 Å². The number of rotatable bonds is 5. The number of aromatic nitrogens is 3. The van der Waals surface area contributed by atoms with Gasteiger partial charge in [-0.2, -0.15) is 15.0 Å². The van der Waals surface area contributed by atoms with E-state index >= 15 is 0 Å². The molecule has 4 nitrogen and oxygen atoms in total. The van der Waals surface area contributed by atoms with E-state index in [1.54, 1.807) is 23.5 Å². The highest BCUT2D eigenvalue weighted by atomic mass is 32.2. The van der Waals surface area contributed by atoms with Crippen molar-refractivity contribution in [2.75, 3.05) is 23.9 Å². The number of hydrogen-bond donors (Lipinski definition) is 1. The van der Waals surface area contributed by atoms with Gasteiger partial charge in [-0.1, -0.05) is 37.4 Å². The topological polar surface area (TPSA) is 50.7 Å². The van der Waals surface area contributed by atoms with Gasteiger partial charge in [0, 0.05) is 7.05 Å². The molecule has 1 rings (SSSR count). The lowest BCUT2D eigenvalue weighted by molar-refractivity contribution is 0.808. The van der Waals surface area contributed by atoms with Crippen molar-refractivity contribution in [3.05, 3.63) is 0 Å². The number of nitrogens with zero attached hydrogens (tertiary/aromatic N) is 3. The fourth-order valence-corrected chi connectivity index (χ4v) is 2.02. The second-order valence-electron chi connectivity index (χ2n) is 2.34. The minimum atomic E-state index is 0.645. The molecule has 1 N–H and O–H groups in total. The van der Waals surface area contributed by atoms with Gasteiger partial charge in [-0.15, -0.1) is 0 Å². The summed E-state index contributed by atoms with van der Waals surface area (Å²) in [7, 11) is 1.82. The predicted molar refractivity (Wildman–Crippen MR) is 62.2 cm³/mol. The Morgan fingerprint density at radius 2 is 1.50 bits per heavy atom. The normalized spacial score (nSPS) is 10.2. The van der Waals surface area contributed by atoms with E-state index in [0.717, 1.165) is 21.8 Å². The molecule has 0 fully saturated rings. The van der Waals surface area contributed by atoms with E-state index < -0.39 is 0 Å². The molecule has 1 heterocycles. The minimum absolute atomic E-state index is 0.645. The molecule has 0 aliphatic rings. The Bertz CT molecular complexity index is 268. The largest absolute Gasteiger partial charge is 0.357 e. The Balaban J connectivity index is 2.88. The Morgan fingerprint density at radius 3 is 1.86 bits per heavy atom. The summed E-state index contributed by atoms with van der Waals surface area (Å²) in [6, 6.07) is 0. The van der Waals surface area contributed by atoms with E-state index in [9.17, 15) is 0 Å². The van der Waals surface area contributed by atoms with Crippen molar-refractivity contribution < 1.29 is 0 Å². The van der Waals surface area contributed by atoms with Gasteiger partial charge in [-0.3, -0.25) is 0 Å². The summed E-state index contributed by atoms with van der Waals surface area (Å²) in [6.07, 6.45) is 0. The monoisotopic (exact) mass is 230 g/mol. The first-order valence-corrected chi connectivity index (χ1v) is 6.46. The molecule has 0 bridgehead atoms. The van der Waals surface area contributed by atoms with Crippen LogP contribution >= 0.6 is 23.5 Å². The van der Waals surface area contributed by atoms with Gasteiger partial charge >= 0.3 is 0 Å². The second kappa shape index (κ2) is 6.08. The lowest BCUT2D eigenvalue weighted by Crippen LogP contribution is -2.01. The third kappa shape index (κ3) is 3.34. The molecule has 0 atom stereocenters. The van der Waals surface area contributed by atoms with Gasteiger partial charge in [0.05, 0.1) is 0 Å². The number of anilines is 1. The van der Waals surface area contributed by atoms with Gasteiger partial charge in [0.15, 0.2) is 10.3 Å². The quantitative estimate of drug-likeness (QED) is 0.782. The molecule has 0 radical (unpaired) electrons. The number of hydrogen-bond acceptors (Lipinski definition) is 6. The summed E-state index contributed by atoms with van der Waals surface area (Å²) in [5, 5.41) is 4.52. The van der Waals surface area contributed by atoms with Gasteiger partial charge in [0.2, 0.25) is 5.95 Å². The molecule has 0 amide bonds. The van der Waals surface area contributed by atoms with E-state index in [1.807, 2.05) is 7.05 Å². The van der Waals surface area contributed by atoms with Crippen LogP contribution in [0.2, 0.25) is 0 Å². The molecule has 14 heavy (non-hydrogen) atoms. The van der Waals surface area contributed by atoms with E-state index in [4.69, 9.17) is 0 Å². The van der Waals surface area contributed by atoms with Crippen molar-refractivity contribution in [1.82, 2.24) is 15.0 Å². The van der Waals surface area contributed by atoms with Gasteiger partial charge in [0.25, 0.3) is 0 Å². The molecule has 0 saturated carbocycles. The molecule has 0 aliphatic heterocycles. The Labute approximate surface area is 92.7 Å². The summed E-state index contributed by atoms with van der Waals surface area (Å²) in [4.78, 5) is 12.8. The lowest BCUT2D eigenvalue weighted by atomic mass is 10.9. The van der Waals surface area contributed by atoms with Crippen molar-refractivity contribution in [3.8, 4) is 0 Å². The first-order valence-electron chi connectivity index (χ1n) is 4.49. The fraction of sp³-hybridized carbons (Fsp3) is 0.625. The second-order valence-corrected chi connectivity index (χ2v) is 4.80. The average molecular weight is 230 g/mol. The minimum Gasteiger partial charge on any atom is -0.357 e. The summed E-state index contributed by atoms with van der Waals surface area (Å²) in [5.74, 6) is 2.60. The fourth-order valence-electron chi connectivity index (χ4n) is 0.837. The Morgan fingerprint density at radius 1 is 1.00 bits per heavy atom. The Kier molecular flexibility index (Phi) is 5.03. The molecule has 78 valence electrons. The summed E-state index contributed by atoms with van der Waals surface area (Å²) < 4.78 is 0. The van der Waals surface area contributed by atoms with E-state index in [1.165, 1.54) is 0 Å². The van der Waals surface area contributed by atoms with Crippen molar-refractivity contribution in [2.45, 2.75) is 24.2 Å². The molecule has 1 aromatic heterocycles. The first kappa shape index (κ1) is 11.6. The zero-order chi connectivity index (χ0) is 10.4. The highest BCUT2D eigenvalue weighted by Gasteiger charge is 2.04. The van der Waals surface area contributed by atoms with Crippen LogP contribution in [0, 0.1) is 0 Å². The molecule has 0 spiro atoms.